The lowest BCUT2D eigenvalue weighted by Crippen LogP contribution is -2.37. The van der Waals surface area contributed by atoms with Crippen LogP contribution < -0.4 is 10.2 Å². The molecule has 34 heavy (non-hydrogen) atoms. The second-order valence-electron chi connectivity index (χ2n) is 9.39. The van der Waals surface area contributed by atoms with Crippen LogP contribution >= 0.6 is 0 Å². The molecule has 1 saturated carbocycles. The molecule has 3 aromatic heterocycles. The Balaban J connectivity index is 1.46. The Labute approximate surface area is 196 Å². The van der Waals surface area contributed by atoms with Crippen molar-refractivity contribution < 1.29 is 9.50 Å². The van der Waals surface area contributed by atoms with Crippen LogP contribution in [0.1, 0.15) is 44.2 Å². The molecular weight excluding hydrogens is 433 g/mol. The lowest BCUT2D eigenvalue weighted by Gasteiger charge is -2.29. The van der Waals surface area contributed by atoms with Gasteiger partial charge in [-0.1, -0.05) is 12.8 Å². The Kier molecular flexibility index (Phi) is 5.28. The summed E-state index contributed by atoms with van der Waals surface area (Å²) in [6.45, 7) is 3.85. The van der Waals surface area contributed by atoms with Crippen molar-refractivity contribution in [2.24, 2.45) is 0 Å². The van der Waals surface area contributed by atoms with Gasteiger partial charge in [0, 0.05) is 31.3 Å². The third-order valence-corrected chi connectivity index (χ3v) is 6.95. The molecular formula is C25H28FN7O. The molecule has 0 amide bonds. The fourth-order valence-corrected chi connectivity index (χ4v) is 5.12. The van der Waals surface area contributed by atoms with Gasteiger partial charge in [0.2, 0.25) is 0 Å². The summed E-state index contributed by atoms with van der Waals surface area (Å²) in [6.07, 6.45) is 5.79. The first kappa shape index (κ1) is 21.2. The molecule has 2 aliphatic rings. The topological polar surface area (TPSA) is 91.5 Å². The van der Waals surface area contributed by atoms with E-state index in [-0.39, 0.29) is 18.0 Å². The highest BCUT2D eigenvalue weighted by Gasteiger charge is 2.25. The third kappa shape index (κ3) is 3.83. The molecule has 1 aromatic carbocycles. The Morgan fingerprint density at radius 1 is 0.971 bits per heavy atom. The number of benzene rings is 1. The highest BCUT2D eigenvalue weighted by molar-refractivity contribution is 5.78. The smallest absolute Gasteiger partial charge is 0.160 e. The number of aromatic nitrogens is 5. The number of rotatable bonds is 4. The lowest BCUT2D eigenvalue weighted by molar-refractivity contribution is 0.116. The molecule has 4 heterocycles. The molecule has 0 radical (unpaired) electrons. The SMILES string of the molecule is Cc1nc2ccc(F)cc2nc1-c1cc2nc(N3CCCC3)cc(N[C@H]3CCCC[C@@H]3O)n2n1. The molecule has 2 fully saturated rings. The van der Waals surface area contributed by atoms with Crippen molar-refractivity contribution in [3.63, 3.8) is 0 Å². The van der Waals surface area contributed by atoms with E-state index in [2.05, 4.69) is 20.2 Å². The molecule has 176 valence electrons. The predicted octanol–water partition coefficient (Wildman–Crippen LogP) is 4.10. The largest absolute Gasteiger partial charge is 0.391 e. The van der Waals surface area contributed by atoms with Crippen LogP contribution in [0.3, 0.4) is 0 Å². The number of nitrogens with zero attached hydrogens (tertiary/aromatic N) is 6. The van der Waals surface area contributed by atoms with Crippen molar-refractivity contribution in [2.45, 2.75) is 57.6 Å². The number of halogens is 1. The average molecular weight is 462 g/mol. The summed E-state index contributed by atoms with van der Waals surface area (Å²) < 4.78 is 15.6. The van der Waals surface area contributed by atoms with Crippen LogP contribution in [0.25, 0.3) is 28.1 Å². The van der Waals surface area contributed by atoms with E-state index in [1.54, 1.807) is 10.6 Å². The second kappa shape index (κ2) is 8.47. The van der Waals surface area contributed by atoms with Crippen LogP contribution in [0, 0.1) is 12.7 Å². The Bertz CT molecular complexity index is 1360. The summed E-state index contributed by atoms with van der Waals surface area (Å²) in [5.74, 6) is 1.37. The van der Waals surface area contributed by atoms with Gasteiger partial charge in [0.15, 0.2) is 5.65 Å². The van der Waals surface area contributed by atoms with Gasteiger partial charge in [0.1, 0.15) is 28.8 Å². The number of nitrogens with one attached hydrogen (secondary N) is 1. The fourth-order valence-electron chi connectivity index (χ4n) is 5.12. The van der Waals surface area contributed by atoms with Gasteiger partial charge in [-0.15, -0.1) is 0 Å². The summed E-state index contributed by atoms with van der Waals surface area (Å²) in [5.41, 5.74) is 3.80. The zero-order valence-corrected chi connectivity index (χ0v) is 19.2. The summed E-state index contributed by atoms with van der Waals surface area (Å²) in [5, 5.41) is 18.9. The lowest BCUT2D eigenvalue weighted by atomic mass is 9.92. The van der Waals surface area contributed by atoms with Gasteiger partial charge >= 0.3 is 0 Å². The van der Waals surface area contributed by atoms with E-state index in [1.165, 1.54) is 12.1 Å². The molecule has 0 unspecified atom stereocenters. The Hall–Kier alpha value is -3.33. The van der Waals surface area contributed by atoms with Crippen molar-refractivity contribution in [3.8, 4) is 11.4 Å². The standard InChI is InChI=1S/C25H28FN7O/c1-15-25(29-19-12-16(26)8-9-17(19)27-15)20-13-23-30-22(32-10-4-5-11-32)14-24(33(23)31-20)28-18-6-2-3-7-21(18)34/h8-9,12-14,18,21,28,34H,2-7,10-11H2,1H3/t18-,21-/m0/s1. The molecule has 0 spiro atoms. The van der Waals surface area contributed by atoms with Crippen molar-refractivity contribution in [2.75, 3.05) is 23.3 Å². The molecule has 6 rings (SSSR count). The van der Waals surface area contributed by atoms with Gasteiger partial charge in [0.05, 0.1) is 28.9 Å². The number of aliphatic hydroxyl groups is 1. The molecule has 1 aliphatic carbocycles. The van der Waals surface area contributed by atoms with Crippen molar-refractivity contribution in [1.29, 1.82) is 0 Å². The quantitative estimate of drug-likeness (QED) is 0.473. The minimum absolute atomic E-state index is 0.0244. The molecule has 0 bridgehead atoms. The van der Waals surface area contributed by atoms with Gasteiger partial charge in [-0.3, -0.25) is 0 Å². The molecule has 4 aromatic rings. The van der Waals surface area contributed by atoms with Crippen molar-refractivity contribution in [1.82, 2.24) is 24.6 Å². The molecule has 9 heteroatoms. The van der Waals surface area contributed by atoms with Crippen LogP contribution in [0.2, 0.25) is 0 Å². The number of hydrogen-bond donors (Lipinski definition) is 2. The normalized spacial score (nSPS) is 21.0. The van der Waals surface area contributed by atoms with Gasteiger partial charge in [-0.2, -0.15) is 9.61 Å². The van der Waals surface area contributed by atoms with E-state index in [4.69, 9.17) is 10.1 Å². The number of aliphatic hydroxyl groups excluding tert-OH is 1. The highest BCUT2D eigenvalue weighted by Crippen LogP contribution is 2.29. The molecule has 1 saturated heterocycles. The second-order valence-corrected chi connectivity index (χ2v) is 9.39. The van der Waals surface area contributed by atoms with E-state index in [1.807, 2.05) is 19.1 Å². The average Bonchev–Trinajstić information content (AvgIpc) is 3.50. The number of fused-ring (bicyclic) bond motifs is 2. The Morgan fingerprint density at radius 3 is 2.62 bits per heavy atom. The third-order valence-electron chi connectivity index (χ3n) is 6.95. The van der Waals surface area contributed by atoms with Crippen molar-refractivity contribution in [3.05, 3.63) is 41.8 Å². The minimum Gasteiger partial charge on any atom is -0.391 e. The maximum Gasteiger partial charge on any atom is 0.160 e. The van der Waals surface area contributed by atoms with Crippen LogP contribution in [0.4, 0.5) is 16.0 Å². The molecule has 1 aliphatic heterocycles. The number of anilines is 2. The zero-order valence-electron chi connectivity index (χ0n) is 19.2. The van der Waals surface area contributed by atoms with Crippen LogP contribution in [0.5, 0.6) is 0 Å². The van der Waals surface area contributed by atoms with Crippen LogP contribution in [-0.2, 0) is 0 Å². The summed E-state index contributed by atoms with van der Waals surface area (Å²) in [7, 11) is 0. The first-order chi connectivity index (χ1) is 16.5. The van der Waals surface area contributed by atoms with Crippen LogP contribution in [0.15, 0.2) is 30.3 Å². The summed E-state index contributed by atoms with van der Waals surface area (Å²) >= 11 is 0. The zero-order chi connectivity index (χ0) is 23.2. The summed E-state index contributed by atoms with van der Waals surface area (Å²) in [6, 6.07) is 8.34. The number of hydrogen-bond acceptors (Lipinski definition) is 7. The van der Waals surface area contributed by atoms with E-state index in [0.29, 0.717) is 28.1 Å². The van der Waals surface area contributed by atoms with Gasteiger partial charge in [0.25, 0.3) is 0 Å². The molecule has 2 N–H and O–H groups in total. The van der Waals surface area contributed by atoms with Crippen LogP contribution in [-0.4, -0.2) is 54.9 Å². The minimum atomic E-state index is -0.384. The monoisotopic (exact) mass is 461 g/mol. The van der Waals surface area contributed by atoms with E-state index in [9.17, 15) is 9.50 Å². The number of aryl methyl sites for hydroxylation is 1. The predicted molar refractivity (Wildman–Crippen MR) is 130 cm³/mol. The van der Waals surface area contributed by atoms with Crippen molar-refractivity contribution >= 4 is 28.3 Å². The maximum atomic E-state index is 13.8. The van der Waals surface area contributed by atoms with Gasteiger partial charge in [-0.25, -0.2) is 19.3 Å². The first-order valence-corrected chi connectivity index (χ1v) is 12.1. The summed E-state index contributed by atoms with van der Waals surface area (Å²) in [4.78, 5) is 16.5. The maximum absolute atomic E-state index is 13.8. The first-order valence-electron chi connectivity index (χ1n) is 12.1. The molecule has 2 atom stereocenters. The van der Waals surface area contributed by atoms with Gasteiger partial charge in [-0.05, 0) is 44.7 Å². The molecule has 8 nitrogen and oxygen atoms in total. The van der Waals surface area contributed by atoms with E-state index < -0.39 is 0 Å². The van der Waals surface area contributed by atoms with E-state index >= 15 is 0 Å². The van der Waals surface area contributed by atoms with Gasteiger partial charge < -0.3 is 15.3 Å². The Morgan fingerprint density at radius 2 is 1.79 bits per heavy atom. The highest BCUT2D eigenvalue weighted by atomic mass is 19.1. The van der Waals surface area contributed by atoms with E-state index in [0.717, 1.165) is 68.9 Å². The fraction of sp³-hybridized carbons (Fsp3) is 0.440.